The Kier molecular flexibility index (Phi) is 4.22. The van der Waals surface area contributed by atoms with Gasteiger partial charge in [-0.2, -0.15) is 0 Å². The molecule has 2 unspecified atom stereocenters. The van der Waals surface area contributed by atoms with Gasteiger partial charge in [0.25, 0.3) is 0 Å². The maximum atomic E-state index is 13.1. The van der Waals surface area contributed by atoms with Crippen molar-refractivity contribution in [2.24, 2.45) is 5.92 Å². The average molecular weight is 308 g/mol. The van der Waals surface area contributed by atoms with Gasteiger partial charge in [0.1, 0.15) is 5.82 Å². The second kappa shape index (κ2) is 5.48. The van der Waals surface area contributed by atoms with Crippen LogP contribution in [-0.2, 0) is 11.2 Å². The molecule has 1 aliphatic heterocycles. The van der Waals surface area contributed by atoms with E-state index in [0.717, 1.165) is 29.5 Å². The van der Waals surface area contributed by atoms with Crippen molar-refractivity contribution in [3.05, 3.63) is 34.1 Å². The lowest BCUT2D eigenvalue weighted by Gasteiger charge is -2.27. The highest BCUT2D eigenvalue weighted by atomic mass is 79.9. The number of benzene rings is 1. The van der Waals surface area contributed by atoms with E-state index in [0.29, 0.717) is 6.61 Å². The molecule has 0 spiro atoms. The van der Waals surface area contributed by atoms with Gasteiger partial charge in [0.05, 0.1) is 6.61 Å². The first-order chi connectivity index (χ1) is 7.66. The fourth-order valence-corrected chi connectivity index (χ4v) is 2.60. The molecule has 0 bridgehead atoms. The third kappa shape index (κ3) is 2.96. The molecule has 1 aliphatic rings. The predicted molar refractivity (Wildman–Crippen MR) is 66.4 cm³/mol. The van der Waals surface area contributed by atoms with Crippen LogP contribution in [0, 0.1) is 11.7 Å². The smallest absolute Gasteiger partial charge is 0.123 e. The molecule has 1 nitrogen and oxygen atoms in total. The zero-order chi connectivity index (χ0) is 11.5. The summed E-state index contributed by atoms with van der Waals surface area (Å²) in [5.74, 6) is 0.0644. The van der Waals surface area contributed by atoms with Crippen LogP contribution in [0.25, 0.3) is 0 Å². The highest BCUT2D eigenvalue weighted by Gasteiger charge is 2.24. The Morgan fingerprint density at radius 1 is 1.50 bits per heavy atom. The van der Waals surface area contributed by atoms with Crippen molar-refractivity contribution >= 4 is 27.5 Å². The summed E-state index contributed by atoms with van der Waals surface area (Å²) in [4.78, 5) is 0. The van der Waals surface area contributed by atoms with Crippen molar-refractivity contribution < 1.29 is 9.13 Å². The molecule has 1 saturated heterocycles. The Morgan fingerprint density at radius 3 is 3.06 bits per heavy atom. The minimum Gasteiger partial charge on any atom is -0.381 e. The van der Waals surface area contributed by atoms with E-state index < -0.39 is 0 Å². The first-order valence-electron chi connectivity index (χ1n) is 5.32. The maximum Gasteiger partial charge on any atom is 0.123 e. The third-order valence-corrected chi connectivity index (χ3v) is 4.22. The molecule has 2 rings (SSSR count). The van der Waals surface area contributed by atoms with E-state index in [-0.39, 0.29) is 17.1 Å². The van der Waals surface area contributed by atoms with Gasteiger partial charge in [-0.15, -0.1) is 11.6 Å². The number of hydrogen-bond donors (Lipinski definition) is 0. The second-order valence-corrected chi connectivity index (χ2v) is 5.49. The van der Waals surface area contributed by atoms with Crippen LogP contribution in [0.4, 0.5) is 4.39 Å². The fourth-order valence-electron chi connectivity index (χ4n) is 1.94. The van der Waals surface area contributed by atoms with E-state index in [1.165, 1.54) is 6.07 Å². The van der Waals surface area contributed by atoms with Crippen LogP contribution in [0.5, 0.6) is 0 Å². The van der Waals surface area contributed by atoms with Gasteiger partial charge >= 0.3 is 0 Å². The van der Waals surface area contributed by atoms with Crippen LogP contribution in [0.15, 0.2) is 22.7 Å². The number of alkyl halides is 1. The quantitative estimate of drug-likeness (QED) is 0.756. The Balaban J connectivity index is 2.10. The van der Waals surface area contributed by atoms with Crippen LogP contribution in [0.2, 0.25) is 0 Å². The van der Waals surface area contributed by atoms with Gasteiger partial charge in [0.2, 0.25) is 0 Å². The van der Waals surface area contributed by atoms with Crippen molar-refractivity contribution in [3.63, 3.8) is 0 Å². The number of rotatable bonds is 2. The summed E-state index contributed by atoms with van der Waals surface area (Å²) in [5, 5.41) is 0.129. The van der Waals surface area contributed by atoms with E-state index in [1.807, 2.05) is 0 Å². The zero-order valence-electron chi connectivity index (χ0n) is 8.76. The summed E-state index contributed by atoms with van der Waals surface area (Å²) in [6.45, 7) is 1.39. The fraction of sp³-hybridized carbons (Fsp3) is 0.500. The molecule has 0 N–H and O–H groups in total. The largest absolute Gasteiger partial charge is 0.381 e. The summed E-state index contributed by atoms with van der Waals surface area (Å²) >= 11 is 9.66. The van der Waals surface area contributed by atoms with E-state index in [2.05, 4.69) is 15.9 Å². The Labute approximate surface area is 108 Å². The average Bonchev–Trinajstić information content (AvgIpc) is 2.27. The molecule has 0 aliphatic carbocycles. The van der Waals surface area contributed by atoms with Crippen LogP contribution in [0.1, 0.15) is 12.0 Å². The monoisotopic (exact) mass is 306 g/mol. The summed E-state index contributed by atoms with van der Waals surface area (Å²) in [6.07, 6.45) is 1.63. The van der Waals surface area contributed by atoms with Gasteiger partial charge in [0.15, 0.2) is 0 Å². The van der Waals surface area contributed by atoms with E-state index in [9.17, 15) is 4.39 Å². The summed E-state index contributed by atoms with van der Waals surface area (Å²) in [6, 6.07) is 4.74. The van der Waals surface area contributed by atoms with E-state index in [1.54, 1.807) is 12.1 Å². The first kappa shape index (κ1) is 12.3. The molecule has 1 fully saturated rings. The molecule has 0 amide bonds. The standard InChI is InChI=1S/C12H13BrClFO/c13-11-2-1-10(15)6-8(11)5-9-7-16-4-3-12(9)14/h1-2,6,9,12H,3-5,7H2. The van der Waals surface area contributed by atoms with Crippen molar-refractivity contribution in [1.82, 2.24) is 0 Å². The molecule has 0 radical (unpaired) electrons. The van der Waals surface area contributed by atoms with E-state index >= 15 is 0 Å². The summed E-state index contributed by atoms with van der Waals surface area (Å²) in [7, 11) is 0. The molecule has 0 saturated carbocycles. The van der Waals surface area contributed by atoms with Gasteiger partial charge in [-0.3, -0.25) is 0 Å². The van der Waals surface area contributed by atoms with Gasteiger partial charge in [-0.25, -0.2) is 4.39 Å². The lowest BCUT2D eigenvalue weighted by Crippen LogP contribution is -2.29. The topological polar surface area (TPSA) is 9.23 Å². The highest BCUT2D eigenvalue weighted by molar-refractivity contribution is 9.10. The number of ether oxygens (including phenoxy) is 1. The van der Waals surface area contributed by atoms with Crippen LogP contribution in [0.3, 0.4) is 0 Å². The maximum absolute atomic E-state index is 13.1. The van der Waals surface area contributed by atoms with Crippen molar-refractivity contribution in [3.8, 4) is 0 Å². The third-order valence-electron chi connectivity index (χ3n) is 2.87. The van der Waals surface area contributed by atoms with Gasteiger partial charge in [0, 0.05) is 22.4 Å². The summed E-state index contributed by atoms with van der Waals surface area (Å²) in [5.41, 5.74) is 0.959. The molecule has 1 heterocycles. The van der Waals surface area contributed by atoms with Gasteiger partial charge < -0.3 is 4.74 Å². The van der Waals surface area contributed by atoms with Crippen molar-refractivity contribution in [2.45, 2.75) is 18.2 Å². The Morgan fingerprint density at radius 2 is 2.31 bits per heavy atom. The number of halogens is 3. The highest BCUT2D eigenvalue weighted by Crippen LogP contribution is 2.27. The Bertz CT molecular complexity index is 372. The van der Waals surface area contributed by atoms with Crippen LogP contribution < -0.4 is 0 Å². The lowest BCUT2D eigenvalue weighted by atomic mass is 9.94. The summed E-state index contributed by atoms with van der Waals surface area (Å²) < 4.78 is 19.4. The molecule has 16 heavy (non-hydrogen) atoms. The molecule has 1 aromatic rings. The first-order valence-corrected chi connectivity index (χ1v) is 6.55. The predicted octanol–water partition coefficient (Wildman–Crippen LogP) is 3.77. The zero-order valence-corrected chi connectivity index (χ0v) is 11.1. The SMILES string of the molecule is Fc1ccc(Br)c(CC2COCCC2Cl)c1. The molecule has 0 aromatic heterocycles. The van der Waals surface area contributed by atoms with Crippen molar-refractivity contribution in [2.75, 3.05) is 13.2 Å². The van der Waals surface area contributed by atoms with Crippen LogP contribution in [-0.4, -0.2) is 18.6 Å². The Hall–Kier alpha value is -0.120. The minimum atomic E-state index is -0.207. The van der Waals surface area contributed by atoms with Gasteiger partial charge in [-0.05, 0) is 36.6 Å². The normalized spacial score (nSPS) is 25.7. The molecular formula is C12H13BrClFO. The molecule has 2 atom stereocenters. The molecule has 88 valence electrons. The van der Waals surface area contributed by atoms with E-state index in [4.69, 9.17) is 16.3 Å². The lowest BCUT2D eigenvalue weighted by molar-refractivity contribution is 0.0577. The molecular weight excluding hydrogens is 294 g/mol. The molecule has 4 heteroatoms. The van der Waals surface area contributed by atoms with Crippen molar-refractivity contribution in [1.29, 1.82) is 0 Å². The molecule has 1 aromatic carbocycles. The van der Waals surface area contributed by atoms with Gasteiger partial charge in [-0.1, -0.05) is 15.9 Å². The number of hydrogen-bond acceptors (Lipinski definition) is 1. The van der Waals surface area contributed by atoms with Crippen LogP contribution >= 0.6 is 27.5 Å². The minimum absolute atomic E-state index is 0.129. The second-order valence-electron chi connectivity index (χ2n) is 4.08.